The lowest BCUT2D eigenvalue weighted by molar-refractivity contribution is 0.0951. The largest absolute Gasteiger partial charge is 0.464 e. The van der Waals surface area contributed by atoms with Crippen LogP contribution in [0.3, 0.4) is 0 Å². The van der Waals surface area contributed by atoms with Crippen molar-refractivity contribution in [3.05, 3.63) is 78.3 Å². The molecule has 4 nitrogen and oxygen atoms in total. The third-order valence-electron chi connectivity index (χ3n) is 3.09. The predicted molar refractivity (Wildman–Crippen MR) is 79.6 cm³/mol. The van der Waals surface area contributed by atoms with Crippen LogP contribution < -0.4 is 5.32 Å². The third-order valence-corrected chi connectivity index (χ3v) is 3.09. The van der Waals surface area contributed by atoms with Crippen molar-refractivity contribution in [3.8, 4) is 11.3 Å². The Hall–Kier alpha value is -2.88. The van der Waals surface area contributed by atoms with E-state index in [4.69, 9.17) is 4.42 Å². The number of hydrogen-bond donors (Lipinski definition) is 1. The Bertz CT molecular complexity index is 722. The maximum Gasteiger partial charge on any atom is 0.251 e. The summed E-state index contributed by atoms with van der Waals surface area (Å²) >= 11 is 0. The summed E-state index contributed by atoms with van der Waals surface area (Å²) < 4.78 is 5.34. The van der Waals surface area contributed by atoms with Crippen LogP contribution in [0.5, 0.6) is 0 Å². The molecule has 3 rings (SSSR count). The highest BCUT2D eigenvalue weighted by atomic mass is 16.3. The minimum atomic E-state index is -0.0981. The highest BCUT2D eigenvalue weighted by Crippen LogP contribution is 2.19. The first kappa shape index (κ1) is 13.1. The fourth-order valence-electron chi connectivity index (χ4n) is 2.04. The number of nitrogens with zero attached hydrogens (tertiary/aromatic N) is 1. The maximum atomic E-state index is 12.0. The first-order valence-electron chi connectivity index (χ1n) is 6.64. The average molecular weight is 278 g/mol. The Labute approximate surface area is 122 Å². The zero-order valence-electron chi connectivity index (χ0n) is 11.3. The van der Waals surface area contributed by atoms with Crippen molar-refractivity contribution in [2.75, 3.05) is 0 Å². The van der Waals surface area contributed by atoms with Gasteiger partial charge in [0.2, 0.25) is 0 Å². The zero-order chi connectivity index (χ0) is 14.5. The van der Waals surface area contributed by atoms with Crippen molar-refractivity contribution in [2.45, 2.75) is 6.54 Å². The lowest BCUT2D eigenvalue weighted by Gasteiger charge is -2.06. The summed E-state index contributed by atoms with van der Waals surface area (Å²) in [6.07, 6.45) is 5.10. The Kier molecular flexibility index (Phi) is 3.78. The highest BCUT2D eigenvalue weighted by molar-refractivity contribution is 5.94. The molecule has 2 heterocycles. The van der Waals surface area contributed by atoms with Crippen LogP contribution in [0.4, 0.5) is 0 Å². The molecular formula is C17H14N2O2. The Morgan fingerprint density at radius 3 is 2.71 bits per heavy atom. The van der Waals surface area contributed by atoms with Crippen LogP contribution >= 0.6 is 0 Å². The van der Waals surface area contributed by atoms with E-state index in [0.29, 0.717) is 12.1 Å². The average Bonchev–Trinajstić information content (AvgIpc) is 3.08. The molecule has 0 fully saturated rings. The minimum absolute atomic E-state index is 0.0981. The minimum Gasteiger partial charge on any atom is -0.464 e. The lowest BCUT2D eigenvalue weighted by Crippen LogP contribution is -2.22. The van der Waals surface area contributed by atoms with Gasteiger partial charge in [-0.25, -0.2) is 0 Å². The number of furan rings is 1. The summed E-state index contributed by atoms with van der Waals surface area (Å²) in [4.78, 5) is 16.2. The number of carbonyl (C=O) groups excluding carboxylic acids is 1. The number of aromatic nitrogens is 1. The number of rotatable bonds is 4. The normalized spacial score (nSPS) is 10.3. The van der Waals surface area contributed by atoms with Crippen LogP contribution in [0, 0.1) is 0 Å². The molecule has 0 aliphatic carbocycles. The number of pyridine rings is 1. The van der Waals surface area contributed by atoms with E-state index in [-0.39, 0.29) is 5.91 Å². The van der Waals surface area contributed by atoms with Gasteiger partial charge in [-0.15, -0.1) is 0 Å². The Morgan fingerprint density at radius 2 is 1.95 bits per heavy atom. The maximum absolute atomic E-state index is 12.0. The molecule has 0 bridgehead atoms. The highest BCUT2D eigenvalue weighted by Gasteiger charge is 2.06. The van der Waals surface area contributed by atoms with Crippen LogP contribution in [0.15, 0.2) is 71.6 Å². The number of nitrogens with one attached hydrogen (secondary N) is 1. The first-order valence-corrected chi connectivity index (χ1v) is 6.64. The van der Waals surface area contributed by atoms with Crippen LogP contribution in [0.1, 0.15) is 15.9 Å². The van der Waals surface area contributed by atoms with E-state index in [1.165, 1.54) is 0 Å². The second-order valence-corrected chi connectivity index (χ2v) is 4.61. The monoisotopic (exact) mass is 278 g/mol. The van der Waals surface area contributed by atoms with E-state index in [2.05, 4.69) is 10.3 Å². The molecule has 1 N–H and O–H groups in total. The number of amides is 1. The summed E-state index contributed by atoms with van der Waals surface area (Å²) in [7, 11) is 0. The topological polar surface area (TPSA) is 55.1 Å². The summed E-state index contributed by atoms with van der Waals surface area (Å²) in [5.74, 6) is 0.665. The van der Waals surface area contributed by atoms with E-state index in [1.807, 2.05) is 36.4 Å². The van der Waals surface area contributed by atoms with E-state index >= 15 is 0 Å². The molecule has 4 heteroatoms. The molecule has 1 aromatic carbocycles. The van der Waals surface area contributed by atoms with E-state index in [0.717, 1.165) is 16.9 Å². The van der Waals surface area contributed by atoms with Gasteiger partial charge in [0.15, 0.2) is 0 Å². The predicted octanol–water partition coefficient (Wildman–Crippen LogP) is 3.27. The molecular weight excluding hydrogens is 264 g/mol. The number of carbonyl (C=O) groups is 1. The fourth-order valence-corrected chi connectivity index (χ4v) is 2.04. The molecule has 0 saturated heterocycles. The Morgan fingerprint density at radius 1 is 1.10 bits per heavy atom. The van der Waals surface area contributed by atoms with Gasteiger partial charge >= 0.3 is 0 Å². The molecule has 0 radical (unpaired) electrons. The molecule has 104 valence electrons. The third kappa shape index (κ3) is 3.17. The van der Waals surface area contributed by atoms with Crippen molar-refractivity contribution in [2.24, 2.45) is 0 Å². The molecule has 0 spiro atoms. The standard InChI is InChI=1S/C17H14N2O2/c20-17(14-5-2-1-3-6-14)19-11-13-9-15(12-18-10-13)16-7-4-8-21-16/h1-10,12H,11H2,(H,19,20). The molecule has 1 amide bonds. The van der Waals surface area contributed by atoms with Crippen LogP contribution in [-0.2, 0) is 6.54 Å². The van der Waals surface area contributed by atoms with Gasteiger partial charge in [0.25, 0.3) is 5.91 Å². The molecule has 3 aromatic rings. The quantitative estimate of drug-likeness (QED) is 0.797. The summed E-state index contributed by atoms with van der Waals surface area (Å²) in [5, 5.41) is 2.88. The molecule has 21 heavy (non-hydrogen) atoms. The van der Waals surface area contributed by atoms with Crippen molar-refractivity contribution < 1.29 is 9.21 Å². The Balaban J connectivity index is 1.69. The van der Waals surface area contributed by atoms with Crippen molar-refractivity contribution in [1.82, 2.24) is 10.3 Å². The molecule has 0 saturated carbocycles. The van der Waals surface area contributed by atoms with Crippen molar-refractivity contribution in [3.63, 3.8) is 0 Å². The smallest absolute Gasteiger partial charge is 0.251 e. The van der Waals surface area contributed by atoms with Crippen LogP contribution in [0.25, 0.3) is 11.3 Å². The van der Waals surface area contributed by atoms with Crippen molar-refractivity contribution >= 4 is 5.91 Å². The van der Waals surface area contributed by atoms with Gasteiger partial charge in [0.1, 0.15) is 5.76 Å². The van der Waals surface area contributed by atoms with Gasteiger partial charge in [0.05, 0.1) is 6.26 Å². The lowest BCUT2D eigenvalue weighted by atomic mass is 10.1. The van der Waals surface area contributed by atoms with Gasteiger partial charge < -0.3 is 9.73 Å². The summed E-state index contributed by atoms with van der Waals surface area (Å²) in [6, 6.07) is 14.8. The second-order valence-electron chi connectivity index (χ2n) is 4.61. The second kappa shape index (κ2) is 6.05. The zero-order valence-corrected chi connectivity index (χ0v) is 11.3. The van der Waals surface area contributed by atoms with Crippen LogP contribution in [0.2, 0.25) is 0 Å². The van der Waals surface area contributed by atoms with E-state index in [9.17, 15) is 4.79 Å². The number of hydrogen-bond acceptors (Lipinski definition) is 3. The molecule has 0 aliphatic rings. The van der Waals surface area contributed by atoms with Gasteiger partial charge in [-0.3, -0.25) is 9.78 Å². The first-order chi connectivity index (χ1) is 10.3. The van der Waals surface area contributed by atoms with E-state index in [1.54, 1.807) is 30.8 Å². The summed E-state index contributed by atoms with van der Waals surface area (Å²) in [6.45, 7) is 0.426. The van der Waals surface area contributed by atoms with Gasteiger partial charge in [-0.05, 0) is 35.9 Å². The summed E-state index contributed by atoms with van der Waals surface area (Å²) in [5.41, 5.74) is 2.47. The number of benzene rings is 1. The van der Waals surface area contributed by atoms with Crippen molar-refractivity contribution in [1.29, 1.82) is 0 Å². The van der Waals surface area contributed by atoms with Crippen LogP contribution in [-0.4, -0.2) is 10.9 Å². The van der Waals surface area contributed by atoms with Gasteiger partial charge in [-0.2, -0.15) is 0 Å². The molecule has 0 atom stereocenters. The fraction of sp³-hybridized carbons (Fsp3) is 0.0588. The molecule has 2 aromatic heterocycles. The van der Waals surface area contributed by atoms with Gasteiger partial charge in [-0.1, -0.05) is 18.2 Å². The molecule has 0 aliphatic heterocycles. The van der Waals surface area contributed by atoms with Gasteiger partial charge in [0, 0.05) is 30.1 Å². The SMILES string of the molecule is O=C(NCc1cncc(-c2ccco2)c1)c1ccccc1. The molecule has 0 unspecified atom stereocenters. The van der Waals surface area contributed by atoms with E-state index < -0.39 is 0 Å².